The first-order chi connectivity index (χ1) is 3.12. The van der Waals surface area contributed by atoms with Crippen LogP contribution in [0, 0.1) is 0 Å². The molecular weight excluding hydrogens is 130 g/mol. The number of aliphatic hydroxyl groups is 2. The summed E-state index contributed by atoms with van der Waals surface area (Å²) in [5.74, 6) is 0. The zero-order chi connectivity index (χ0) is 5.91. The number of rotatable bonds is 2. The Morgan fingerprint density at radius 1 is 1.12 bits per heavy atom. The van der Waals surface area contributed by atoms with E-state index in [1.54, 1.807) is 14.1 Å². The average molecular weight is 142 g/mol. The molecule has 0 amide bonds. The van der Waals surface area contributed by atoms with Crippen molar-refractivity contribution >= 4 is 0 Å². The van der Waals surface area contributed by atoms with Gasteiger partial charge in [-0.2, -0.15) is 0 Å². The molecule has 0 fully saturated rings. The normalized spacial score (nSPS) is 10.5. The van der Waals surface area contributed by atoms with E-state index in [9.17, 15) is 0 Å². The summed E-state index contributed by atoms with van der Waals surface area (Å²) < 4.78 is 0.250. The summed E-state index contributed by atoms with van der Waals surface area (Å²) in [4.78, 5) is 0. The minimum Gasteiger partial charge on any atom is -1.00 e. The predicted molar refractivity (Wildman–Crippen MR) is 26.3 cm³/mol. The molecule has 0 atom stereocenters. The van der Waals surface area contributed by atoms with E-state index >= 15 is 0 Å². The summed E-state index contributed by atoms with van der Waals surface area (Å²) in [5, 5.41) is 16.8. The fourth-order valence-electron chi connectivity index (χ4n) is 0.0447. The van der Waals surface area contributed by atoms with Crippen molar-refractivity contribution in [1.82, 2.24) is 0 Å². The van der Waals surface area contributed by atoms with Gasteiger partial charge in [-0.05, 0) is 0 Å². The third-order valence-electron chi connectivity index (χ3n) is 0.766. The summed E-state index contributed by atoms with van der Waals surface area (Å²) in [5.41, 5.74) is 0. The largest absolute Gasteiger partial charge is 1.00 e. The average Bonchev–Trinajstić information content (AvgIpc) is 1.68. The van der Waals surface area contributed by atoms with E-state index in [4.69, 9.17) is 10.2 Å². The molecule has 0 aromatic rings. The van der Waals surface area contributed by atoms with Crippen LogP contribution in [0.15, 0.2) is 0 Å². The monoisotopic (exact) mass is 141 g/mol. The first-order valence-corrected chi connectivity index (χ1v) is 2.16. The number of hydrogen-bond donors (Lipinski definition) is 2. The Labute approximate surface area is 55.5 Å². The van der Waals surface area contributed by atoms with Gasteiger partial charge in [-0.1, -0.05) is 0 Å². The number of nitrogens with zero attached hydrogens (tertiary/aromatic N) is 1. The minimum absolute atomic E-state index is 0. The van der Waals surface area contributed by atoms with Crippen LogP contribution in [0.4, 0.5) is 0 Å². The lowest BCUT2D eigenvalue weighted by molar-refractivity contribution is -0.926. The summed E-state index contributed by atoms with van der Waals surface area (Å²) in [6.07, 6.45) is 0. The van der Waals surface area contributed by atoms with Crippen LogP contribution in [0.5, 0.6) is 0 Å². The molecule has 0 saturated heterocycles. The molecule has 0 spiro atoms. The fraction of sp³-hybridized carbons (Fsp3) is 1.00. The molecule has 0 bridgehead atoms. The summed E-state index contributed by atoms with van der Waals surface area (Å²) in [6, 6.07) is 0. The molecule has 0 heterocycles. The quantitative estimate of drug-likeness (QED) is 0.304. The highest BCUT2D eigenvalue weighted by molar-refractivity contribution is 4.01. The molecule has 0 radical (unpaired) electrons. The van der Waals surface area contributed by atoms with E-state index in [2.05, 4.69) is 0 Å². The summed E-state index contributed by atoms with van der Waals surface area (Å²) >= 11 is 0. The van der Waals surface area contributed by atoms with E-state index in [1.165, 1.54) is 0 Å². The molecule has 0 aromatic heterocycles. The van der Waals surface area contributed by atoms with Crippen molar-refractivity contribution in [2.24, 2.45) is 0 Å². The SMILES string of the molecule is C[N+](C)(CO)CO.[Cl-]. The van der Waals surface area contributed by atoms with Gasteiger partial charge in [-0.25, -0.2) is 0 Å². The number of hydrogen-bond acceptors (Lipinski definition) is 2. The zero-order valence-electron chi connectivity index (χ0n) is 5.13. The smallest absolute Gasteiger partial charge is 0.181 e. The van der Waals surface area contributed by atoms with Gasteiger partial charge in [0.2, 0.25) is 0 Å². The van der Waals surface area contributed by atoms with Crippen LogP contribution >= 0.6 is 0 Å². The van der Waals surface area contributed by atoms with Crippen molar-refractivity contribution in [2.45, 2.75) is 0 Å². The maximum Gasteiger partial charge on any atom is 0.181 e. The number of aliphatic hydroxyl groups excluding tert-OH is 2. The van der Waals surface area contributed by atoms with Crippen molar-refractivity contribution in [3.05, 3.63) is 0 Å². The van der Waals surface area contributed by atoms with Crippen LogP contribution in [0.25, 0.3) is 0 Å². The van der Waals surface area contributed by atoms with Crippen LogP contribution in [0.3, 0.4) is 0 Å². The second kappa shape index (κ2) is 4.09. The van der Waals surface area contributed by atoms with Gasteiger partial charge < -0.3 is 22.6 Å². The Morgan fingerprint density at radius 2 is 1.38 bits per heavy atom. The van der Waals surface area contributed by atoms with Crippen LogP contribution < -0.4 is 12.4 Å². The van der Waals surface area contributed by atoms with Crippen molar-refractivity contribution in [1.29, 1.82) is 0 Å². The number of halogens is 1. The van der Waals surface area contributed by atoms with Crippen LogP contribution in [-0.2, 0) is 0 Å². The van der Waals surface area contributed by atoms with Crippen molar-refractivity contribution in [3.8, 4) is 0 Å². The van der Waals surface area contributed by atoms with Gasteiger partial charge in [-0.15, -0.1) is 0 Å². The molecule has 52 valence electrons. The van der Waals surface area contributed by atoms with Gasteiger partial charge in [-0.3, -0.25) is 4.48 Å². The molecule has 0 saturated carbocycles. The fourth-order valence-corrected chi connectivity index (χ4v) is 0.0447. The Balaban J connectivity index is 0. The van der Waals surface area contributed by atoms with Crippen molar-refractivity contribution in [3.63, 3.8) is 0 Å². The lowest BCUT2D eigenvalue weighted by atomic mass is 10.7. The molecule has 3 nitrogen and oxygen atoms in total. The number of quaternary nitrogens is 1. The van der Waals surface area contributed by atoms with E-state index in [0.717, 1.165) is 0 Å². The molecule has 0 unspecified atom stereocenters. The Hall–Kier alpha value is 0.170. The van der Waals surface area contributed by atoms with Crippen LogP contribution in [0.1, 0.15) is 0 Å². The first-order valence-electron chi connectivity index (χ1n) is 2.16. The van der Waals surface area contributed by atoms with Gasteiger partial charge >= 0.3 is 0 Å². The van der Waals surface area contributed by atoms with Crippen LogP contribution in [0.2, 0.25) is 0 Å². The lowest BCUT2D eigenvalue weighted by Gasteiger charge is -2.22. The second-order valence-electron chi connectivity index (χ2n) is 2.22. The highest BCUT2D eigenvalue weighted by Gasteiger charge is 2.07. The van der Waals surface area contributed by atoms with Crippen molar-refractivity contribution < 1.29 is 27.1 Å². The molecule has 0 aromatic carbocycles. The molecule has 8 heavy (non-hydrogen) atoms. The summed E-state index contributed by atoms with van der Waals surface area (Å²) in [6.45, 7) is -0.0347. The van der Waals surface area contributed by atoms with Gasteiger partial charge in [0.25, 0.3) is 0 Å². The molecule has 0 aliphatic rings. The van der Waals surface area contributed by atoms with Crippen LogP contribution in [-0.4, -0.2) is 42.3 Å². The third-order valence-corrected chi connectivity index (χ3v) is 0.766. The van der Waals surface area contributed by atoms with Gasteiger partial charge in [0.1, 0.15) is 0 Å². The molecule has 4 heteroatoms. The first kappa shape index (κ1) is 11.0. The van der Waals surface area contributed by atoms with E-state index in [0.29, 0.717) is 0 Å². The van der Waals surface area contributed by atoms with E-state index < -0.39 is 0 Å². The Morgan fingerprint density at radius 3 is 1.38 bits per heavy atom. The predicted octanol–water partition coefficient (Wildman–Crippen LogP) is -4.03. The Bertz CT molecular complexity index is 52.0. The van der Waals surface area contributed by atoms with Gasteiger partial charge in [0.05, 0.1) is 14.1 Å². The lowest BCUT2D eigenvalue weighted by Crippen LogP contribution is -3.00. The van der Waals surface area contributed by atoms with E-state index in [-0.39, 0.29) is 30.4 Å². The maximum absolute atomic E-state index is 8.41. The minimum atomic E-state index is -0.0174. The zero-order valence-corrected chi connectivity index (χ0v) is 5.89. The van der Waals surface area contributed by atoms with Gasteiger partial charge in [0, 0.05) is 0 Å². The molecule has 0 rings (SSSR count). The third kappa shape index (κ3) is 4.33. The highest BCUT2D eigenvalue weighted by Crippen LogP contribution is 1.87. The standard InChI is InChI=1S/C4H12NO2.ClH/c1-5(2,3-6)4-7;/h6-7H,3-4H2,1-2H3;1H/q+1;/p-1. The maximum atomic E-state index is 8.41. The molecule has 0 aliphatic heterocycles. The van der Waals surface area contributed by atoms with E-state index in [1.807, 2.05) is 0 Å². The Kier molecular flexibility index (Phi) is 5.64. The summed E-state index contributed by atoms with van der Waals surface area (Å²) in [7, 11) is 3.47. The topological polar surface area (TPSA) is 40.5 Å². The second-order valence-corrected chi connectivity index (χ2v) is 2.22. The van der Waals surface area contributed by atoms with Crippen molar-refractivity contribution in [2.75, 3.05) is 27.6 Å². The molecule has 2 N–H and O–H groups in total. The molecular formula is C4H12ClNO2. The van der Waals surface area contributed by atoms with Gasteiger partial charge in [0.15, 0.2) is 13.5 Å². The molecule has 0 aliphatic carbocycles. The highest BCUT2D eigenvalue weighted by atomic mass is 35.5.